The summed E-state index contributed by atoms with van der Waals surface area (Å²) in [4.78, 5) is 15.4. The topological polar surface area (TPSA) is 89.7 Å². The fraction of sp³-hybridized carbons (Fsp3) is 0.625. The van der Waals surface area contributed by atoms with Crippen molar-refractivity contribution in [1.29, 1.82) is 0 Å². The number of rotatable bonds is 3. The van der Waals surface area contributed by atoms with Gasteiger partial charge in [0.25, 0.3) is 0 Å². The summed E-state index contributed by atoms with van der Waals surface area (Å²) in [5, 5.41) is 5.03. The molecule has 1 amide bonds. The van der Waals surface area contributed by atoms with E-state index in [1.807, 2.05) is 12.1 Å². The fourth-order valence-corrected chi connectivity index (χ4v) is 7.28. The van der Waals surface area contributed by atoms with E-state index < -0.39 is 10.3 Å². The molecule has 168 valence electrons. The predicted octanol–water partition coefficient (Wildman–Crippen LogP) is 3.67. The third-order valence-corrected chi connectivity index (χ3v) is 8.79. The molecular weight excluding hydrogens is 412 g/mol. The van der Waals surface area contributed by atoms with E-state index >= 15 is 0 Å². The predicted molar refractivity (Wildman–Crippen MR) is 119 cm³/mol. The third-order valence-electron chi connectivity index (χ3n) is 8.36. The van der Waals surface area contributed by atoms with Gasteiger partial charge in [0.05, 0.1) is 0 Å². The molecule has 5 rings (SSSR count). The van der Waals surface area contributed by atoms with Crippen molar-refractivity contribution in [3.63, 3.8) is 0 Å². The smallest absolute Gasteiger partial charge is 0.371 e. The summed E-state index contributed by atoms with van der Waals surface area (Å²) in [5.74, 6) is 2.09. The van der Waals surface area contributed by atoms with Crippen molar-refractivity contribution in [3.05, 3.63) is 41.0 Å². The normalized spacial score (nSPS) is 32.5. The van der Waals surface area contributed by atoms with Crippen LogP contribution in [-0.4, -0.2) is 32.3 Å². The molecule has 1 saturated heterocycles. The van der Waals surface area contributed by atoms with E-state index in [-0.39, 0.29) is 17.1 Å². The van der Waals surface area contributed by atoms with Crippen LogP contribution in [0.25, 0.3) is 0 Å². The maximum Gasteiger partial charge on any atom is 0.380 e. The van der Waals surface area contributed by atoms with E-state index in [0.717, 1.165) is 63.6 Å². The van der Waals surface area contributed by atoms with E-state index in [1.54, 1.807) is 6.07 Å². The highest BCUT2D eigenvalue weighted by Gasteiger charge is 2.53. The zero-order valence-electron chi connectivity index (χ0n) is 18.2. The molecule has 1 aliphatic heterocycles. The molecule has 2 fully saturated rings. The van der Waals surface area contributed by atoms with Crippen LogP contribution in [0.3, 0.4) is 0 Å². The number of amides is 1. The van der Waals surface area contributed by atoms with Gasteiger partial charge in [0.2, 0.25) is 5.91 Å². The van der Waals surface area contributed by atoms with Crippen molar-refractivity contribution < 1.29 is 17.4 Å². The molecule has 1 saturated carbocycles. The fourth-order valence-electron chi connectivity index (χ4n) is 6.91. The van der Waals surface area contributed by atoms with Gasteiger partial charge in [0.1, 0.15) is 5.75 Å². The highest BCUT2D eigenvalue weighted by Crippen LogP contribution is 2.61. The van der Waals surface area contributed by atoms with Gasteiger partial charge in [-0.2, -0.15) is 13.6 Å². The summed E-state index contributed by atoms with van der Waals surface area (Å²) in [6, 6.07) is 5.58. The van der Waals surface area contributed by atoms with Crippen LogP contribution in [0.15, 0.2) is 29.8 Å². The molecule has 0 aromatic heterocycles. The molecule has 6 nitrogen and oxygen atoms in total. The Morgan fingerprint density at radius 1 is 1.19 bits per heavy atom. The van der Waals surface area contributed by atoms with Crippen LogP contribution in [0.1, 0.15) is 68.9 Å². The number of likely N-dealkylation sites (tertiary alicyclic amines) is 1. The summed E-state index contributed by atoms with van der Waals surface area (Å²) in [7, 11) is -4.01. The van der Waals surface area contributed by atoms with E-state index in [1.165, 1.54) is 17.5 Å². The highest BCUT2D eigenvalue weighted by molar-refractivity contribution is 7.84. The van der Waals surface area contributed by atoms with Crippen LogP contribution in [-0.2, 0) is 21.5 Å². The summed E-state index contributed by atoms with van der Waals surface area (Å²) in [5.41, 5.74) is 3.53. The molecule has 0 radical (unpaired) electrons. The van der Waals surface area contributed by atoms with E-state index in [2.05, 4.69) is 17.9 Å². The molecule has 4 atom stereocenters. The molecule has 0 spiro atoms. The van der Waals surface area contributed by atoms with Crippen LogP contribution < -0.4 is 9.32 Å². The first-order valence-electron chi connectivity index (χ1n) is 11.6. The van der Waals surface area contributed by atoms with Gasteiger partial charge in [-0.15, -0.1) is 0 Å². The number of carbonyl (C=O) groups is 1. The van der Waals surface area contributed by atoms with Crippen LogP contribution in [0.4, 0.5) is 0 Å². The molecule has 7 heteroatoms. The Balaban J connectivity index is 1.37. The van der Waals surface area contributed by atoms with Gasteiger partial charge in [-0.3, -0.25) is 4.79 Å². The quantitative estimate of drug-likeness (QED) is 0.770. The van der Waals surface area contributed by atoms with Crippen LogP contribution in [0.2, 0.25) is 0 Å². The molecule has 1 aromatic carbocycles. The Morgan fingerprint density at radius 2 is 1.97 bits per heavy atom. The van der Waals surface area contributed by atoms with Crippen molar-refractivity contribution >= 4 is 16.2 Å². The number of piperidine rings is 1. The van der Waals surface area contributed by atoms with Gasteiger partial charge in [0, 0.05) is 24.1 Å². The first kappa shape index (κ1) is 21.0. The molecule has 4 aliphatic rings. The Labute approximate surface area is 185 Å². The van der Waals surface area contributed by atoms with Crippen LogP contribution in [0, 0.1) is 17.3 Å². The molecule has 31 heavy (non-hydrogen) atoms. The number of allylic oxidation sites excluding steroid dienone is 1. The van der Waals surface area contributed by atoms with E-state index in [9.17, 15) is 13.2 Å². The lowest BCUT2D eigenvalue weighted by Gasteiger charge is -2.50. The second kappa shape index (κ2) is 7.62. The number of aryl methyl sites for hydroxylation is 1. The maximum absolute atomic E-state index is 13.4. The molecular formula is C24H32N2O4S. The highest BCUT2D eigenvalue weighted by atomic mass is 32.2. The Kier molecular flexibility index (Phi) is 5.17. The lowest BCUT2D eigenvalue weighted by molar-refractivity contribution is -0.129. The summed E-state index contributed by atoms with van der Waals surface area (Å²) >= 11 is 0. The average Bonchev–Trinajstić information content (AvgIpc) is 3.09. The Morgan fingerprint density at radius 3 is 2.71 bits per heavy atom. The minimum absolute atomic E-state index is 0.0239. The van der Waals surface area contributed by atoms with E-state index in [4.69, 9.17) is 9.32 Å². The number of nitrogens with two attached hydrogens (primary N) is 1. The maximum atomic E-state index is 13.4. The van der Waals surface area contributed by atoms with E-state index in [0.29, 0.717) is 17.8 Å². The van der Waals surface area contributed by atoms with Crippen molar-refractivity contribution in [3.8, 4) is 5.75 Å². The molecule has 0 bridgehead atoms. The first-order chi connectivity index (χ1) is 14.8. The van der Waals surface area contributed by atoms with Crippen LogP contribution >= 0.6 is 0 Å². The van der Waals surface area contributed by atoms with Crippen LogP contribution in [0.5, 0.6) is 5.75 Å². The standard InChI is InChI=1S/C24H32N2O4S/c1-24-12-11-19-18-8-6-17(30-31(25,28)29)15-16(18)5-7-20(19)21(24)9-10-22(24)23(27)26-13-3-2-4-14-26/h6,8,10,15,19-21H,2-5,7,9,11-14H2,1H3,(H2,25,28,29). The minimum atomic E-state index is -4.01. The number of hydrogen-bond donors (Lipinski definition) is 1. The molecule has 4 unspecified atom stereocenters. The number of nitrogens with zero attached hydrogens (tertiary/aromatic N) is 1. The Hall–Kier alpha value is -1.86. The number of carbonyl (C=O) groups excluding carboxylic acids is 1. The average molecular weight is 445 g/mol. The Bertz CT molecular complexity index is 1030. The number of benzene rings is 1. The van der Waals surface area contributed by atoms with Gasteiger partial charge in [0.15, 0.2) is 0 Å². The molecule has 1 aromatic rings. The largest absolute Gasteiger partial charge is 0.380 e. The van der Waals surface area contributed by atoms with Gasteiger partial charge < -0.3 is 9.08 Å². The van der Waals surface area contributed by atoms with Gasteiger partial charge in [-0.05, 0) is 92.4 Å². The van der Waals surface area contributed by atoms with Gasteiger partial charge in [-0.1, -0.05) is 19.1 Å². The summed E-state index contributed by atoms with van der Waals surface area (Å²) in [6.07, 6.45) is 10.8. The van der Waals surface area contributed by atoms with Gasteiger partial charge in [-0.25, -0.2) is 0 Å². The monoisotopic (exact) mass is 444 g/mol. The number of fused-ring (bicyclic) bond motifs is 5. The zero-order chi connectivity index (χ0) is 21.8. The van der Waals surface area contributed by atoms with Gasteiger partial charge >= 0.3 is 10.3 Å². The summed E-state index contributed by atoms with van der Waals surface area (Å²) < 4.78 is 27.4. The van der Waals surface area contributed by atoms with Crippen molar-refractivity contribution in [1.82, 2.24) is 4.90 Å². The third kappa shape index (κ3) is 3.69. The first-order valence-corrected chi connectivity index (χ1v) is 13.1. The number of hydrogen-bond acceptors (Lipinski definition) is 4. The van der Waals surface area contributed by atoms with Crippen molar-refractivity contribution in [2.75, 3.05) is 13.1 Å². The van der Waals surface area contributed by atoms with Crippen molar-refractivity contribution in [2.45, 2.75) is 64.2 Å². The SMILES string of the molecule is CC12CCC3c4ccc(OS(N)(=O)=O)cc4CCC3C1CC=C2C(=O)N1CCCCC1. The lowest BCUT2D eigenvalue weighted by Crippen LogP contribution is -2.45. The minimum Gasteiger partial charge on any atom is -0.371 e. The molecule has 3 aliphatic carbocycles. The van der Waals surface area contributed by atoms with Crippen molar-refractivity contribution in [2.24, 2.45) is 22.4 Å². The molecule has 1 heterocycles. The second-order valence-corrected chi connectivity index (χ2v) is 11.2. The zero-order valence-corrected chi connectivity index (χ0v) is 19.0. The summed E-state index contributed by atoms with van der Waals surface area (Å²) in [6.45, 7) is 4.13. The lowest BCUT2D eigenvalue weighted by atomic mass is 9.54. The molecule has 2 N–H and O–H groups in total. The second-order valence-electron chi connectivity index (χ2n) is 10.0.